The summed E-state index contributed by atoms with van der Waals surface area (Å²) in [6.45, 7) is 8.09. The number of nitrogens with one attached hydrogen (secondary N) is 3. The number of aromatic nitrogens is 1. The Kier molecular flexibility index (Phi) is 6.03. The molecule has 1 aliphatic heterocycles. The first-order chi connectivity index (χ1) is 12.2. The van der Waals surface area contributed by atoms with Crippen LogP contribution >= 0.6 is 0 Å². The molecule has 1 saturated heterocycles. The maximum atomic E-state index is 12.1. The van der Waals surface area contributed by atoms with Gasteiger partial charge in [-0.1, -0.05) is 23.4 Å². The van der Waals surface area contributed by atoms with Crippen molar-refractivity contribution in [3.63, 3.8) is 0 Å². The van der Waals surface area contributed by atoms with Crippen LogP contribution in [0.4, 0.5) is 5.82 Å². The van der Waals surface area contributed by atoms with Crippen molar-refractivity contribution in [2.24, 2.45) is 0 Å². The van der Waals surface area contributed by atoms with E-state index in [2.05, 4.69) is 10.5 Å². The molecule has 0 atom stereocenters. The molecule has 2 heterocycles. The topological polar surface area (TPSA) is 73.2 Å². The molecule has 0 aliphatic carbocycles. The molecular weight excluding hydrogens is 320 g/mol. The van der Waals surface area contributed by atoms with Gasteiger partial charge in [0.15, 0.2) is 12.4 Å². The van der Waals surface area contributed by atoms with E-state index < -0.39 is 0 Å². The number of quaternary nitrogens is 2. The van der Waals surface area contributed by atoms with Gasteiger partial charge in [-0.05, 0) is 19.1 Å². The van der Waals surface area contributed by atoms with Crippen molar-refractivity contribution in [2.45, 2.75) is 6.92 Å². The minimum Gasteiger partial charge on any atom is -0.488 e. The standard InChI is InChI=1S/C18H24N4O3/c1-15-13-17(20-25-15)19-18(23)14-22-9-7-21(8-10-22)11-12-24-16-5-3-2-4-6-16/h2-6,13H,7-12,14H2,1H3,(H,19,20,23)/p+2. The number of hydrogen-bond acceptors (Lipinski definition) is 4. The van der Waals surface area contributed by atoms with Crippen molar-refractivity contribution in [1.29, 1.82) is 0 Å². The van der Waals surface area contributed by atoms with Crippen LogP contribution in [0.15, 0.2) is 40.9 Å². The SMILES string of the molecule is Cc1cc(NC(=O)C[NH+]2CC[NH+](CCOc3ccccc3)CC2)no1. The summed E-state index contributed by atoms with van der Waals surface area (Å²) >= 11 is 0. The molecule has 0 saturated carbocycles. The van der Waals surface area contributed by atoms with Gasteiger partial charge in [-0.3, -0.25) is 4.79 Å². The number of rotatable bonds is 7. The van der Waals surface area contributed by atoms with Crippen LogP contribution in [-0.4, -0.2) is 56.9 Å². The highest BCUT2D eigenvalue weighted by Gasteiger charge is 2.24. The summed E-state index contributed by atoms with van der Waals surface area (Å²) < 4.78 is 10.7. The zero-order valence-corrected chi connectivity index (χ0v) is 14.6. The summed E-state index contributed by atoms with van der Waals surface area (Å²) in [5.74, 6) is 2.09. The summed E-state index contributed by atoms with van der Waals surface area (Å²) in [6, 6.07) is 11.6. The lowest BCUT2D eigenvalue weighted by Crippen LogP contribution is -3.28. The Morgan fingerprint density at radius 3 is 2.60 bits per heavy atom. The summed E-state index contributed by atoms with van der Waals surface area (Å²) in [7, 11) is 0. The summed E-state index contributed by atoms with van der Waals surface area (Å²) in [5.41, 5.74) is 0. The quantitative estimate of drug-likeness (QED) is 0.588. The second kappa shape index (κ2) is 8.64. The van der Waals surface area contributed by atoms with Crippen LogP contribution in [0.25, 0.3) is 0 Å². The Morgan fingerprint density at radius 2 is 1.92 bits per heavy atom. The smallest absolute Gasteiger partial charge is 0.280 e. The van der Waals surface area contributed by atoms with Crippen LogP contribution < -0.4 is 19.9 Å². The number of benzene rings is 1. The minimum atomic E-state index is -0.0147. The van der Waals surface area contributed by atoms with E-state index in [0.717, 1.165) is 45.1 Å². The van der Waals surface area contributed by atoms with Gasteiger partial charge in [0.1, 0.15) is 50.8 Å². The number of carbonyl (C=O) groups excluding carboxylic acids is 1. The fourth-order valence-electron chi connectivity index (χ4n) is 3.05. The monoisotopic (exact) mass is 346 g/mol. The van der Waals surface area contributed by atoms with Crippen LogP contribution in [0.5, 0.6) is 5.75 Å². The van der Waals surface area contributed by atoms with Gasteiger partial charge in [0, 0.05) is 6.07 Å². The fraction of sp³-hybridized carbons (Fsp3) is 0.444. The second-order valence-corrected chi connectivity index (χ2v) is 6.46. The zero-order valence-electron chi connectivity index (χ0n) is 14.6. The lowest BCUT2D eigenvalue weighted by Gasteiger charge is -2.29. The predicted molar refractivity (Wildman–Crippen MR) is 92.9 cm³/mol. The van der Waals surface area contributed by atoms with E-state index in [-0.39, 0.29) is 5.91 Å². The van der Waals surface area contributed by atoms with E-state index >= 15 is 0 Å². The third-order valence-corrected chi connectivity index (χ3v) is 4.44. The first-order valence-corrected chi connectivity index (χ1v) is 8.77. The van der Waals surface area contributed by atoms with Gasteiger partial charge in [-0.15, -0.1) is 0 Å². The summed E-state index contributed by atoms with van der Waals surface area (Å²) in [6.07, 6.45) is 0. The van der Waals surface area contributed by atoms with E-state index in [1.54, 1.807) is 13.0 Å². The number of nitrogens with zero attached hydrogens (tertiary/aromatic N) is 1. The molecule has 0 unspecified atom stereocenters. The van der Waals surface area contributed by atoms with Crippen molar-refractivity contribution in [1.82, 2.24) is 5.16 Å². The molecule has 0 radical (unpaired) electrons. The Bertz CT molecular complexity index is 666. The van der Waals surface area contributed by atoms with Gasteiger partial charge in [0.2, 0.25) is 0 Å². The van der Waals surface area contributed by atoms with Crippen LogP contribution in [0.1, 0.15) is 5.76 Å². The number of ether oxygens (including phenoxy) is 1. The van der Waals surface area contributed by atoms with E-state index in [0.29, 0.717) is 18.1 Å². The molecule has 1 fully saturated rings. The van der Waals surface area contributed by atoms with E-state index in [1.807, 2.05) is 30.3 Å². The van der Waals surface area contributed by atoms with E-state index in [1.165, 1.54) is 9.80 Å². The Morgan fingerprint density at radius 1 is 1.20 bits per heavy atom. The second-order valence-electron chi connectivity index (χ2n) is 6.46. The third-order valence-electron chi connectivity index (χ3n) is 4.44. The lowest BCUT2D eigenvalue weighted by atomic mass is 10.3. The maximum Gasteiger partial charge on any atom is 0.280 e. The molecule has 0 bridgehead atoms. The molecular formula is C18H26N4O3+2. The lowest BCUT2D eigenvalue weighted by molar-refractivity contribution is -1.01. The molecule has 1 aromatic carbocycles. The summed E-state index contributed by atoms with van der Waals surface area (Å²) in [4.78, 5) is 14.9. The highest BCUT2D eigenvalue weighted by molar-refractivity contribution is 5.90. The van der Waals surface area contributed by atoms with Crippen molar-refractivity contribution in [2.75, 3.05) is 51.2 Å². The number of para-hydroxylation sites is 1. The van der Waals surface area contributed by atoms with Gasteiger partial charge >= 0.3 is 0 Å². The maximum absolute atomic E-state index is 12.1. The van der Waals surface area contributed by atoms with Gasteiger partial charge in [-0.25, -0.2) is 0 Å². The number of carbonyl (C=O) groups is 1. The Labute approximate surface area is 147 Å². The van der Waals surface area contributed by atoms with Gasteiger partial charge in [-0.2, -0.15) is 0 Å². The number of piperazine rings is 1. The van der Waals surface area contributed by atoms with Crippen molar-refractivity contribution in [3.8, 4) is 5.75 Å². The van der Waals surface area contributed by atoms with E-state index in [4.69, 9.17) is 9.26 Å². The molecule has 1 amide bonds. The third kappa shape index (κ3) is 5.58. The van der Waals surface area contributed by atoms with Gasteiger partial charge in [0.05, 0.1) is 0 Å². The number of aryl methyl sites for hydroxylation is 1. The average molecular weight is 346 g/mol. The molecule has 25 heavy (non-hydrogen) atoms. The van der Waals surface area contributed by atoms with Crippen LogP contribution in [0, 0.1) is 6.92 Å². The normalized spacial score (nSPS) is 20.2. The van der Waals surface area contributed by atoms with Crippen molar-refractivity contribution in [3.05, 3.63) is 42.2 Å². The van der Waals surface area contributed by atoms with E-state index in [9.17, 15) is 4.79 Å². The molecule has 7 heteroatoms. The fourth-order valence-corrected chi connectivity index (χ4v) is 3.05. The van der Waals surface area contributed by atoms with Crippen LogP contribution in [0.2, 0.25) is 0 Å². The molecule has 2 aromatic rings. The Balaban J connectivity index is 1.32. The average Bonchev–Trinajstić information content (AvgIpc) is 3.02. The molecule has 7 nitrogen and oxygen atoms in total. The van der Waals surface area contributed by atoms with Gasteiger partial charge in [0.25, 0.3) is 5.91 Å². The zero-order chi connectivity index (χ0) is 17.5. The molecule has 3 N–H and O–H groups in total. The molecule has 134 valence electrons. The largest absolute Gasteiger partial charge is 0.488 e. The number of anilines is 1. The Hall–Kier alpha value is -2.38. The molecule has 0 spiro atoms. The first kappa shape index (κ1) is 17.4. The predicted octanol–water partition coefficient (Wildman–Crippen LogP) is -1.22. The first-order valence-electron chi connectivity index (χ1n) is 8.77. The van der Waals surface area contributed by atoms with Gasteiger partial charge < -0.3 is 24.4 Å². The molecule has 1 aliphatic rings. The highest BCUT2D eigenvalue weighted by Crippen LogP contribution is 2.07. The van der Waals surface area contributed by atoms with Crippen LogP contribution in [0.3, 0.4) is 0 Å². The van der Waals surface area contributed by atoms with Crippen molar-refractivity contribution >= 4 is 11.7 Å². The minimum absolute atomic E-state index is 0.0147. The summed E-state index contributed by atoms with van der Waals surface area (Å²) in [5, 5.41) is 6.57. The number of hydrogen-bond donors (Lipinski definition) is 3. The highest BCUT2D eigenvalue weighted by atomic mass is 16.5. The van der Waals surface area contributed by atoms with Crippen LogP contribution in [-0.2, 0) is 4.79 Å². The molecule has 1 aromatic heterocycles. The number of amides is 1. The molecule has 3 rings (SSSR count). The van der Waals surface area contributed by atoms with Crippen molar-refractivity contribution < 1.29 is 23.9 Å².